The van der Waals surface area contributed by atoms with Gasteiger partial charge in [-0.3, -0.25) is 14.5 Å². The maximum Gasteiger partial charge on any atom is 0.416 e. The third-order valence-electron chi connectivity index (χ3n) is 7.74. The van der Waals surface area contributed by atoms with Gasteiger partial charge in [-0.05, 0) is 57.0 Å². The molecule has 1 aromatic rings. The molecule has 0 bridgehead atoms. The molecule has 220 valence electrons. The second-order valence-electron chi connectivity index (χ2n) is 10.7. The maximum atomic E-state index is 13.3. The van der Waals surface area contributed by atoms with Crippen LogP contribution in [0.1, 0.15) is 89.2 Å². The first-order valence-corrected chi connectivity index (χ1v) is 14.0. The van der Waals surface area contributed by atoms with Gasteiger partial charge in [0.2, 0.25) is 11.6 Å². The molecule has 2 saturated carbocycles. The van der Waals surface area contributed by atoms with Crippen LogP contribution >= 0.6 is 0 Å². The summed E-state index contributed by atoms with van der Waals surface area (Å²) in [6, 6.07) is -1.11. The molecule has 39 heavy (non-hydrogen) atoms. The van der Waals surface area contributed by atoms with Crippen LogP contribution in [-0.4, -0.2) is 53.7 Å². The molecule has 0 radical (unpaired) electrons. The summed E-state index contributed by atoms with van der Waals surface area (Å²) in [5, 5.41) is 5.79. The number of rotatable bonds is 13. The number of carbonyl (C=O) groups excluding carboxylic acids is 2. The van der Waals surface area contributed by atoms with Crippen molar-refractivity contribution in [1.82, 2.24) is 10.2 Å². The van der Waals surface area contributed by atoms with E-state index in [9.17, 15) is 35.9 Å². The van der Waals surface area contributed by atoms with Gasteiger partial charge in [0.05, 0.1) is 11.1 Å². The summed E-state index contributed by atoms with van der Waals surface area (Å²) >= 11 is 0. The number of unbranched alkanes of at least 4 members (excludes halogenated alkanes) is 4. The molecule has 1 aromatic carbocycles. The highest BCUT2D eigenvalue weighted by molar-refractivity contribution is 6.49. The summed E-state index contributed by atoms with van der Waals surface area (Å²) in [6.45, 7) is 6.12. The number of anilines is 1. The largest absolute Gasteiger partial charge is 0.416 e. The summed E-state index contributed by atoms with van der Waals surface area (Å²) in [5.74, 6) is -1.56. The summed E-state index contributed by atoms with van der Waals surface area (Å²) in [6.07, 6.45) is 0.127. The highest BCUT2D eigenvalue weighted by atomic mass is 19.4. The van der Waals surface area contributed by atoms with Crippen LogP contribution in [0.5, 0.6) is 0 Å². The first kappa shape index (κ1) is 31.4. The van der Waals surface area contributed by atoms with Crippen molar-refractivity contribution < 1.29 is 35.9 Å². The molecular formula is C28H39F6N3O2. The predicted octanol–water partition coefficient (Wildman–Crippen LogP) is 6.61. The van der Waals surface area contributed by atoms with Gasteiger partial charge in [-0.2, -0.15) is 26.3 Å². The van der Waals surface area contributed by atoms with E-state index in [4.69, 9.17) is 0 Å². The van der Waals surface area contributed by atoms with Gasteiger partial charge in [0.1, 0.15) is 12.1 Å². The van der Waals surface area contributed by atoms with Gasteiger partial charge in [-0.25, -0.2) is 0 Å². The monoisotopic (exact) mass is 563 g/mol. The summed E-state index contributed by atoms with van der Waals surface area (Å²) in [7, 11) is 0. The Morgan fingerprint density at radius 1 is 0.769 bits per heavy atom. The van der Waals surface area contributed by atoms with E-state index < -0.39 is 52.8 Å². The predicted molar refractivity (Wildman–Crippen MR) is 137 cm³/mol. The smallest absolute Gasteiger partial charge is 0.373 e. The Morgan fingerprint density at radius 2 is 1.28 bits per heavy atom. The van der Waals surface area contributed by atoms with E-state index >= 15 is 0 Å². The molecule has 0 aliphatic heterocycles. The Bertz CT molecular complexity index is 939. The van der Waals surface area contributed by atoms with E-state index in [1.165, 1.54) is 0 Å². The maximum absolute atomic E-state index is 13.3. The lowest BCUT2D eigenvalue weighted by molar-refractivity contribution is -0.146. The summed E-state index contributed by atoms with van der Waals surface area (Å²) in [5.41, 5.74) is -3.47. The second kappa shape index (κ2) is 13.5. The van der Waals surface area contributed by atoms with Gasteiger partial charge in [0, 0.05) is 17.8 Å². The van der Waals surface area contributed by atoms with Crippen LogP contribution in [0.4, 0.5) is 32.0 Å². The van der Waals surface area contributed by atoms with Crippen LogP contribution in [0.3, 0.4) is 0 Å². The Morgan fingerprint density at radius 3 is 1.79 bits per heavy atom. The molecule has 2 unspecified atom stereocenters. The van der Waals surface area contributed by atoms with Crippen molar-refractivity contribution in [2.45, 2.75) is 115 Å². The van der Waals surface area contributed by atoms with Crippen molar-refractivity contribution in [2.75, 3.05) is 18.4 Å². The van der Waals surface area contributed by atoms with Gasteiger partial charge in [-0.1, -0.05) is 52.4 Å². The molecule has 2 aliphatic rings. The molecule has 2 fully saturated rings. The van der Waals surface area contributed by atoms with Crippen LogP contribution in [0.15, 0.2) is 18.2 Å². The average molecular weight is 564 g/mol. The normalized spacial score (nSPS) is 24.2. The number of carbonyl (C=O) groups is 2. The fraction of sp³-hybridized carbons (Fsp3) is 0.714. The van der Waals surface area contributed by atoms with E-state index in [0.717, 1.165) is 77.3 Å². The number of benzene rings is 1. The zero-order chi connectivity index (χ0) is 28.8. The van der Waals surface area contributed by atoms with Crippen molar-refractivity contribution >= 4 is 17.3 Å². The number of Topliss-reactive ketones (excluding diaryl/α,β-unsaturated/α-hetero) is 2. The number of ketones is 2. The lowest BCUT2D eigenvalue weighted by Crippen LogP contribution is -2.70. The molecule has 0 saturated heterocycles. The third-order valence-corrected chi connectivity index (χ3v) is 7.74. The van der Waals surface area contributed by atoms with Crippen molar-refractivity contribution in [3.8, 4) is 0 Å². The number of halogens is 6. The Hall–Kier alpha value is -2.14. The van der Waals surface area contributed by atoms with E-state index in [-0.39, 0.29) is 18.2 Å². The van der Waals surface area contributed by atoms with Crippen molar-refractivity contribution in [3.63, 3.8) is 0 Å². The van der Waals surface area contributed by atoms with Gasteiger partial charge in [0.15, 0.2) is 0 Å². The quantitative estimate of drug-likeness (QED) is 0.161. The molecule has 3 rings (SSSR count). The molecule has 11 heteroatoms. The van der Waals surface area contributed by atoms with Crippen LogP contribution in [0, 0.1) is 0 Å². The standard InChI is InChI=1S/C28H39F6N3O2/c1-3-5-9-13-37(14-10-6-4-2)22-12-8-7-11-21(22)36-24-23(25(38)26(24)39)35-20-16-18(27(29,30)31)15-19(17-20)28(32,33)34/h15-17,21-24,35-36H,3-14H2,1-2H3/t21-,22-,23?,24?/m0/s1. The molecule has 2 aliphatic carbocycles. The van der Waals surface area contributed by atoms with Crippen molar-refractivity contribution in [2.24, 2.45) is 0 Å². The SMILES string of the molecule is CCCCCN(CCCCC)[C@H]1CCCC[C@@H]1NC1C(=O)C(=O)C1Nc1cc(C(F)(F)F)cc(C(F)(F)F)c1. The van der Waals surface area contributed by atoms with Gasteiger partial charge >= 0.3 is 12.4 Å². The van der Waals surface area contributed by atoms with E-state index in [1.54, 1.807) is 0 Å². The minimum Gasteiger partial charge on any atom is -0.373 e. The van der Waals surface area contributed by atoms with Crippen LogP contribution in [0.25, 0.3) is 0 Å². The second-order valence-corrected chi connectivity index (χ2v) is 10.7. The average Bonchev–Trinajstić information content (AvgIpc) is 2.89. The first-order chi connectivity index (χ1) is 18.4. The Balaban J connectivity index is 1.79. The zero-order valence-corrected chi connectivity index (χ0v) is 22.6. The van der Waals surface area contributed by atoms with Crippen LogP contribution < -0.4 is 10.6 Å². The number of nitrogens with one attached hydrogen (secondary N) is 2. The fourth-order valence-electron chi connectivity index (χ4n) is 5.60. The molecule has 0 amide bonds. The van der Waals surface area contributed by atoms with E-state index in [0.29, 0.717) is 12.1 Å². The minimum atomic E-state index is -5.01. The number of hydrogen-bond donors (Lipinski definition) is 2. The molecule has 5 nitrogen and oxygen atoms in total. The lowest BCUT2D eigenvalue weighted by atomic mass is 9.80. The number of nitrogens with zero attached hydrogens (tertiary/aromatic N) is 1. The van der Waals surface area contributed by atoms with E-state index in [2.05, 4.69) is 29.4 Å². The number of alkyl halides is 6. The van der Waals surface area contributed by atoms with Crippen LogP contribution in [0.2, 0.25) is 0 Å². The Labute approximate surface area is 226 Å². The van der Waals surface area contributed by atoms with Gasteiger partial charge in [-0.15, -0.1) is 0 Å². The highest BCUT2D eigenvalue weighted by Crippen LogP contribution is 2.38. The van der Waals surface area contributed by atoms with Crippen molar-refractivity contribution in [1.29, 1.82) is 0 Å². The summed E-state index contributed by atoms with van der Waals surface area (Å²) < 4.78 is 79.8. The van der Waals surface area contributed by atoms with Crippen molar-refractivity contribution in [3.05, 3.63) is 29.3 Å². The number of hydrogen-bond acceptors (Lipinski definition) is 5. The highest BCUT2D eigenvalue weighted by Gasteiger charge is 2.51. The van der Waals surface area contributed by atoms with E-state index in [1.807, 2.05) is 0 Å². The molecule has 0 heterocycles. The molecule has 2 N–H and O–H groups in total. The first-order valence-electron chi connectivity index (χ1n) is 14.0. The topological polar surface area (TPSA) is 61.4 Å². The molecular weight excluding hydrogens is 524 g/mol. The summed E-state index contributed by atoms with van der Waals surface area (Å²) in [4.78, 5) is 27.5. The fourth-order valence-corrected chi connectivity index (χ4v) is 5.60. The lowest BCUT2D eigenvalue weighted by Gasteiger charge is -2.45. The zero-order valence-electron chi connectivity index (χ0n) is 22.6. The molecule has 4 atom stereocenters. The third kappa shape index (κ3) is 8.19. The van der Waals surface area contributed by atoms with Crippen LogP contribution in [-0.2, 0) is 21.9 Å². The van der Waals surface area contributed by atoms with Gasteiger partial charge in [0.25, 0.3) is 0 Å². The molecule has 0 aromatic heterocycles. The minimum absolute atomic E-state index is 0.0347. The van der Waals surface area contributed by atoms with Gasteiger partial charge < -0.3 is 10.6 Å². The molecule has 0 spiro atoms. The Kier molecular flexibility index (Phi) is 10.8.